The zero-order valence-electron chi connectivity index (χ0n) is 18.6. The monoisotopic (exact) mass is 540 g/mol. The normalized spacial score (nSPS) is 20.1. The number of nitrogen functional groups attached to an aromatic ring is 1. The molecule has 0 aliphatic carbocycles. The molecule has 0 spiro atoms. The average Bonchev–Trinajstić information content (AvgIpc) is 3.42. The highest BCUT2D eigenvalue weighted by atomic mass is 32.2. The van der Waals surface area contributed by atoms with E-state index in [1.54, 1.807) is 20.9 Å². The topological polar surface area (TPSA) is 204 Å². The molecule has 2 aliphatic rings. The molecule has 1 saturated heterocycles. The van der Waals surface area contributed by atoms with Crippen molar-refractivity contribution in [3.05, 3.63) is 17.1 Å². The van der Waals surface area contributed by atoms with Crippen molar-refractivity contribution in [2.75, 3.05) is 17.2 Å². The number of carbonyl (C=O) groups is 3. The van der Waals surface area contributed by atoms with E-state index in [1.165, 1.54) is 33.1 Å². The number of aliphatic carboxylic acids is 1. The van der Waals surface area contributed by atoms with Crippen LogP contribution in [-0.4, -0.2) is 92.1 Å². The molecule has 18 heteroatoms. The Kier molecular flexibility index (Phi) is 7.22. The van der Waals surface area contributed by atoms with E-state index in [-0.39, 0.29) is 34.2 Å². The van der Waals surface area contributed by atoms with E-state index in [4.69, 9.17) is 10.6 Å². The van der Waals surface area contributed by atoms with E-state index in [9.17, 15) is 19.5 Å². The van der Waals surface area contributed by atoms with Crippen LogP contribution in [0.15, 0.2) is 21.6 Å². The number of fused-ring (bicyclic) bond motifs is 1. The number of nitrogens with zero attached hydrogens (tertiary/aromatic N) is 8. The molecule has 1 unspecified atom stereocenters. The zero-order valence-corrected chi connectivity index (χ0v) is 21.1. The summed E-state index contributed by atoms with van der Waals surface area (Å²) in [7, 11) is 1.67. The van der Waals surface area contributed by atoms with E-state index in [0.29, 0.717) is 16.5 Å². The molecule has 15 nitrogen and oxygen atoms in total. The number of amides is 2. The number of aromatic nitrogens is 6. The minimum atomic E-state index is -1.23. The summed E-state index contributed by atoms with van der Waals surface area (Å²) in [6.45, 7) is 3.45. The van der Waals surface area contributed by atoms with Crippen LogP contribution in [-0.2, 0) is 26.3 Å². The number of rotatable bonds is 9. The first kappa shape index (κ1) is 24.9. The van der Waals surface area contributed by atoms with Crippen LogP contribution in [0.2, 0.25) is 0 Å². The van der Waals surface area contributed by atoms with Gasteiger partial charge in [-0.25, -0.2) is 9.48 Å². The standard InChI is InChI=1S/C17H20N10O5S3/c1-6(2)32-22-8(11-20-16(18)35-23-11)12(28)19-9-13(29)27-10(15(30)31)7(4-33-14(9)27)5-34-17-21-24-25-26(17)3/h6,9,14H,4-5H2,1-3H3,(H,19,28)(H,30,31)(H2,18,20,23)/t9?,14-/m0/s1. The summed E-state index contributed by atoms with van der Waals surface area (Å²) in [4.78, 5) is 48.3. The first-order chi connectivity index (χ1) is 16.7. The molecule has 4 N–H and O–H groups in total. The first-order valence-corrected chi connectivity index (χ1v) is 12.9. The smallest absolute Gasteiger partial charge is 0.352 e. The first-order valence-electron chi connectivity index (χ1n) is 10.1. The van der Waals surface area contributed by atoms with Gasteiger partial charge in [0.05, 0.1) is 0 Å². The molecule has 2 amide bonds. The molecule has 186 valence electrons. The number of anilines is 1. The van der Waals surface area contributed by atoms with Crippen LogP contribution in [0.3, 0.4) is 0 Å². The molecule has 0 bridgehead atoms. The van der Waals surface area contributed by atoms with E-state index in [2.05, 4.69) is 35.4 Å². The van der Waals surface area contributed by atoms with Crippen LogP contribution in [0.25, 0.3) is 0 Å². The Morgan fingerprint density at radius 3 is 2.80 bits per heavy atom. The molecule has 0 saturated carbocycles. The zero-order chi connectivity index (χ0) is 25.3. The van der Waals surface area contributed by atoms with Crippen molar-refractivity contribution in [1.82, 2.24) is 39.8 Å². The van der Waals surface area contributed by atoms with Gasteiger partial charge in [0.25, 0.3) is 11.8 Å². The second-order valence-corrected chi connectivity index (χ2v) is 10.4. The van der Waals surface area contributed by atoms with Crippen LogP contribution >= 0.6 is 35.1 Å². The van der Waals surface area contributed by atoms with Gasteiger partial charge in [0.2, 0.25) is 16.7 Å². The molecule has 4 heterocycles. The fraction of sp³-hybridized carbons (Fsp3) is 0.471. The van der Waals surface area contributed by atoms with Gasteiger partial charge in [-0.3, -0.25) is 14.5 Å². The average molecular weight is 541 g/mol. The summed E-state index contributed by atoms with van der Waals surface area (Å²) >= 11 is 3.49. The number of oxime groups is 1. The molecule has 2 aromatic rings. The van der Waals surface area contributed by atoms with Gasteiger partial charge in [0.15, 0.2) is 5.13 Å². The molecule has 2 atom stereocenters. The highest BCUT2D eigenvalue weighted by Crippen LogP contribution is 2.41. The molecule has 35 heavy (non-hydrogen) atoms. The Morgan fingerprint density at radius 2 is 2.20 bits per heavy atom. The van der Waals surface area contributed by atoms with Crippen molar-refractivity contribution < 1.29 is 24.3 Å². The van der Waals surface area contributed by atoms with Gasteiger partial charge in [0, 0.05) is 30.1 Å². The lowest BCUT2D eigenvalue weighted by Crippen LogP contribution is -2.71. The number of nitrogens with one attached hydrogen (secondary N) is 1. The molecular weight excluding hydrogens is 520 g/mol. The minimum Gasteiger partial charge on any atom is -0.477 e. The van der Waals surface area contributed by atoms with Gasteiger partial charge in [-0.15, -0.1) is 16.9 Å². The summed E-state index contributed by atoms with van der Waals surface area (Å²) in [6, 6.07) is -0.959. The highest BCUT2D eigenvalue weighted by Gasteiger charge is 2.54. The second kappa shape index (κ2) is 10.2. The van der Waals surface area contributed by atoms with Crippen LogP contribution in [0, 0.1) is 0 Å². The largest absolute Gasteiger partial charge is 0.477 e. The Morgan fingerprint density at radius 1 is 1.43 bits per heavy atom. The van der Waals surface area contributed by atoms with Gasteiger partial charge < -0.3 is 21.0 Å². The summed E-state index contributed by atoms with van der Waals surface area (Å²) < 4.78 is 5.46. The fourth-order valence-corrected chi connectivity index (χ4v) is 5.94. The Bertz CT molecular complexity index is 1220. The third kappa shape index (κ3) is 5.08. The lowest BCUT2D eigenvalue weighted by molar-refractivity contribution is -0.150. The van der Waals surface area contributed by atoms with Crippen LogP contribution < -0.4 is 11.1 Å². The maximum atomic E-state index is 13.0. The highest BCUT2D eigenvalue weighted by molar-refractivity contribution is 8.01. The van der Waals surface area contributed by atoms with Crippen molar-refractivity contribution in [3.8, 4) is 0 Å². The van der Waals surface area contributed by atoms with Crippen molar-refractivity contribution in [3.63, 3.8) is 0 Å². The summed E-state index contributed by atoms with van der Waals surface area (Å²) in [5.74, 6) is -1.91. The fourth-order valence-electron chi connectivity index (χ4n) is 3.17. The maximum Gasteiger partial charge on any atom is 0.352 e. The van der Waals surface area contributed by atoms with Crippen molar-refractivity contribution >= 4 is 63.7 Å². The Hall–Kier alpha value is -3.25. The molecule has 2 aliphatic heterocycles. The minimum absolute atomic E-state index is 0.0331. The van der Waals surface area contributed by atoms with E-state index >= 15 is 0 Å². The van der Waals surface area contributed by atoms with Gasteiger partial charge in [-0.1, -0.05) is 16.9 Å². The van der Waals surface area contributed by atoms with Gasteiger partial charge in [-0.05, 0) is 29.8 Å². The molecule has 0 aromatic carbocycles. The van der Waals surface area contributed by atoms with E-state index < -0.39 is 29.2 Å². The molecule has 4 rings (SSSR count). The number of tetrazole rings is 1. The quantitative estimate of drug-likeness (QED) is 0.156. The molecular formula is C17H20N10O5S3. The predicted octanol–water partition coefficient (Wildman–Crippen LogP) is -0.696. The summed E-state index contributed by atoms with van der Waals surface area (Å²) in [5.41, 5.74) is 5.84. The van der Waals surface area contributed by atoms with Crippen molar-refractivity contribution in [2.24, 2.45) is 12.2 Å². The van der Waals surface area contributed by atoms with E-state index in [1.807, 2.05) is 0 Å². The SMILES string of the molecule is CC(C)ON=C(C(=O)NC1C(=O)N2C(C(=O)O)=C(CSc3nnnn3C)CS[C@@H]12)c1nsc(N)n1. The number of hydrogen-bond acceptors (Lipinski definition) is 14. The van der Waals surface area contributed by atoms with Gasteiger partial charge in [0.1, 0.15) is 23.2 Å². The number of carboxylic acid groups (broad SMARTS) is 1. The lowest BCUT2D eigenvalue weighted by Gasteiger charge is -2.49. The van der Waals surface area contributed by atoms with Crippen LogP contribution in [0.1, 0.15) is 19.7 Å². The van der Waals surface area contributed by atoms with Gasteiger partial charge in [-0.2, -0.15) is 9.36 Å². The summed E-state index contributed by atoms with van der Waals surface area (Å²) in [5, 5.41) is 27.5. The molecule has 0 radical (unpaired) electrons. The van der Waals surface area contributed by atoms with Crippen LogP contribution in [0.5, 0.6) is 0 Å². The third-order valence-electron chi connectivity index (χ3n) is 4.72. The number of thioether (sulfide) groups is 2. The molecule has 2 aromatic heterocycles. The van der Waals surface area contributed by atoms with Crippen molar-refractivity contribution in [2.45, 2.75) is 36.5 Å². The molecule has 1 fully saturated rings. The third-order valence-corrected chi connectivity index (χ3v) is 7.70. The maximum absolute atomic E-state index is 13.0. The Balaban J connectivity index is 1.50. The van der Waals surface area contributed by atoms with Crippen molar-refractivity contribution in [1.29, 1.82) is 0 Å². The van der Waals surface area contributed by atoms with Crippen LogP contribution in [0.4, 0.5) is 5.13 Å². The number of aryl methyl sites for hydroxylation is 1. The lowest BCUT2D eigenvalue weighted by atomic mass is 10.0. The predicted molar refractivity (Wildman–Crippen MR) is 126 cm³/mol. The number of carboxylic acids is 1. The van der Waals surface area contributed by atoms with E-state index in [0.717, 1.165) is 11.5 Å². The van der Waals surface area contributed by atoms with Gasteiger partial charge >= 0.3 is 5.97 Å². The summed E-state index contributed by atoms with van der Waals surface area (Å²) in [6.07, 6.45) is -0.319. The number of β-lactam (4-membered cyclic amide) rings is 1. The number of carbonyl (C=O) groups excluding carboxylic acids is 2. The number of nitrogens with two attached hydrogens (primary N) is 1. The second-order valence-electron chi connectivity index (χ2n) is 7.54. The Labute approximate surface area is 210 Å². The number of hydrogen-bond donors (Lipinski definition) is 3.